The van der Waals surface area contributed by atoms with Gasteiger partial charge in [0.25, 0.3) is 0 Å². The highest BCUT2D eigenvalue weighted by Gasteiger charge is 2.20. The van der Waals surface area contributed by atoms with Gasteiger partial charge in [-0.25, -0.2) is 9.07 Å². The summed E-state index contributed by atoms with van der Waals surface area (Å²) in [5.41, 5.74) is 2.89. The zero-order chi connectivity index (χ0) is 18.0. The molecule has 0 unspecified atom stereocenters. The monoisotopic (exact) mass is 343 g/mol. The Morgan fingerprint density at radius 3 is 2.52 bits per heavy atom. The maximum Gasteiger partial charge on any atom is 0.233 e. The largest absolute Gasteiger partial charge is 0.424 e. The Kier molecular flexibility index (Phi) is 4.94. The fourth-order valence-corrected chi connectivity index (χ4v) is 2.81. The predicted molar refractivity (Wildman–Crippen MR) is 91.9 cm³/mol. The van der Waals surface area contributed by atoms with E-state index in [1.807, 2.05) is 27.0 Å². The van der Waals surface area contributed by atoms with Gasteiger partial charge in [0.1, 0.15) is 5.82 Å². The van der Waals surface area contributed by atoms with Crippen molar-refractivity contribution in [1.29, 1.82) is 0 Å². The van der Waals surface area contributed by atoms with Crippen LogP contribution in [0.25, 0.3) is 5.69 Å². The summed E-state index contributed by atoms with van der Waals surface area (Å²) < 4.78 is 20.5. The first-order valence-corrected chi connectivity index (χ1v) is 8.38. The number of nitrogens with one attached hydrogen (secondary N) is 1. The van der Waals surface area contributed by atoms with Crippen LogP contribution in [0, 0.1) is 12.7 Å². The van der Waals surface area contributed by atoms with Gasteiger partial charge in [0.2, 0.25) is 11.8 Å². The summed E-state index contributed by atoms with van der Waals surface area (Å²) >= 11 is 0. The van der Waals surface area contributed by atoms with Crippen molar-refractivity contribution in [2.45, 2.75) is 46.2 Å². The fourth-order valence-electron chi connectivity index (χ4n) is 2.81. The Labute approximate surface area is 146 Å². The second-order valence-electron chi connectivity index (χ2n) is 6.07. The van der Waals surface area contributed by atoms with Gasteiger partial charge in [0.05, 0.1) is 17.9 Å². The van der Waals surface area contributed by atoms with E-state index in [4.69, 9.17) is 4.42 Å². The van der Waals surface area contributed by atoms with Crippen molar-refractivity contribution in [3.63, 3.8) is 0 Å². The van der Waals surface area contributed by atoms with Gasteiger partial charge in [-0.15, -0.1) is 10.2 Å². The minimum Gasteiger partial charge on any atom is -0.424 e. The van der Waals surface area contributed by atoms with Crippen LogP contribution in [0.2, 0.25) is 0 Å². The molecule has 0 aliphatic carbocycles. The van der Waals surface area contributed by atoms with Crippen molar-refractivity contribution in [2.24, 2.45) is 0 Å². The number of nitrogens with zero attached hydrogens (tertiary/aromatic N) is 4. The quantitative estimate of drug-likeness (QED) is 0.739. The molecule has 132 valence electrons. The number of rotatable bonds is 6. The lowest BCUT2D eigenvalue weighted by Crippen LogP contribution is -2.23. The topological polar surface area (TPSA) is 68.8 Å². The molecule has 7 heteroatoms. The fraction of sp³-hybridized carbons (Fsp3) is 0.389. The van der Waals surface area contributed by atoms with E-state index in [1.54, 1.807) is 16.8 Å². The van der Waals surface area contributed by atoms with Gasteiger partial charge in [-0.05, 0) is 45.0 Å². The third-order valence-electron chi connectivity index (χ3n) is 4.24. The van der Waals surface area contributed by atoms with E-state index in [1.165, 1.54) is 12.1 Å². The van der Waals surface area contributed by atoms with Gasteiger partial charge in [-0.3, -0.25) is 5.32 Å². The summed E-state index contributed by atoms with van der Waals surface area (Å²) in [7, 11) is 0. The second kappa shape index (κ2) is 7.14. The van der Waals surface area contributed by atoms with Crippen molar-refractivity contribution in [3.8, 4) is 5.69 Å². The lowest BCUT2D eigenvalue weighted by Gasteiger charge is -2.17. The number of halogens is 1. The minimum atomic E-state index is -0.261. The van der Waals surface area contributed by atoms with Gasteiger partial charge in [-0.2, -0.15) is 5.10 Å². The summed E-state index contributed by atoms with van der Waals surface area (Å²) in [4.78, 5) is 0. The molecule has 2 heterocycles. The Balaban J connectivity index is 1.76. The van der Waals surface area contributed by atoms with Crippen LogP contribution in [0.5, 0.6) is 0 Å². The molecule has 25 heavy (non-hydrogen) atoms. The second-order valence-corrected chi connectivity index (χ2v) is 6.07. The highest BCUT2D eigenvalue weighted by molar-refractivity contribution is 5.35. The summed E-state index contributed by atoms with van der Waals surface area (Å²) in [6, 6.07) is 6.26. The van der Waals surface area contributed by atoms with Gasteiger partial charge in [-0.1, -0.05) is 6.92 Å². The lowest BCUT2D eigenvalue weighted by atomic mass is 10.1. The average molecular weight is 343 g/mol. The smallest absolute Gasteiger partial charge is 0.233 e. The van der Waals surface area contributed by atoms with E-state index in [2.05, 4.69) is 27.5 Å². The number of aryl methyl sites for hydroxylation is 1. The van der Waals surface area contributed by atoms with E-state index in [9.17, 15) is 4.39 Å². The summed E-state index contributed by atoms with van der Waals surface area (Å²) in [6.07, 6.45) is 2.55. The molecule has 0 saturated heterocycles. The highest BCUT2D eigenvalue weighted by Crippen LogP contribution is 2.23. The highest BCUT2D eigenvalue weighted by atomic mass is 19.1. The Bertz CT molecular complexity index is 840. The van der Waals surface area contributed by atoms with Crippen LogP contribution in [0.15, 0.2) is 34.9 Å². The first-order chi connectivity index (χ1) is 12.0. The van der Waals surface area contributed by atoms with Crippen molar-refractivity contribution in [3.05, 3.63) is 59.3 Å². The Morgan fingerprint density at radius 2 is 1.88 bits per heavy atom. The molecule has 6 nitrogen and oxygen atoms in total. The van der Waals surface area contributed by atoms with Crippen LogP contribution >= 0.6 is 0 Å². The molecular weight excluding hydrogens is 321 g/mol. The Hall–Kier alpha value is -2.54. The van der Waals surface area contributed by atoms with Crippen molar-refractivity contribution in [2.75, 3.05) is 0 Å². The minimum absolute atomic E-state index is 0.0428. The van der Waals surface area contributed by atoms with E-state index >= 15 is 0 Å². The lowest BCUT2D eigenvalue weighted by molar-refractivity contribution is 0.374. The normalized spacial score (nSPS) is 13.8. The molecule has 3 rings (SSSR count). The van der Waals surface area contributed by atoms with E-state index in [0.29, 0.717) is 11.8 Å². The molecule has 0 saturated carbocycles. The molecule has 0 aliphatic heterocycles. The van der Waals surface area contributed by atoms with Crippen LogP contribution < -0.4 is 5.32 Å². The third kappa shape index (κ3) is 3.61. The molecule has 2 atom stereocenters. The standard InChI is InChI=1S/C18H22FN5O/c1-5-17-22-23-18(25-17)12(3)21-11(2)16-10-20-24(13(16)4)15-8-6-14(19)7-9-15/h6-12,21H,5H2,1-4H3/t11-,12+/m1/s1. The van der Waals surface area contributed by atoms with E-state index < -0.39 is 0 Å². The van der Waals surface area contributed by atoms with Gasteiger partial charge < -0.3 is 4.42 Å². The third-order valence-corrected chi connectivity index (χ3v) is 4.24. The summed E-state index contributed by atoms with van der Waals surface area (Å²) in [6.45, 7) is 8.03. The zero-order valence-corrected chi connectivity index (χ0v) is 14.8. The zero-order valence-electron chi connectivity index (χ0n) is 14.8. The maximum atomic E-state index is 13.1. The number of aromatic nitrogens is 4. The molecule has 0 spiro atoms. The van der Waals surface area contributed by atoms with Crippen LogP contribution in [-0.2, 0) is 6.42 Å². The average Bonchev–Trinajstić information content (AvgIpc) is 3.22. The predicted octanol–water partition coefficient (Wildman–Crippen LogP) is 3.68. The van der Waals surface area contributed by atoms with Gasteiger partial charge in [0, 0.05) is 23.7 Å². The van der Waals surface area contributed by atoms with Gasteiger partial charge in [0.15, 0.2) is 0 Å². The van der Waals surface area contributed by atoms with E-state index in [-0.39, 0.29) is 17.9 Å². The van der Waals surface area contributed by atoms with Crippen molar-refractivity contribution < 1.29 is 8.81 Å². The first kappa shape index (κ1) is 17.3. The number of hydrogen-bond donors (Lipinski definition) is 1. The Morgan fingerprint density at radius 1 is 1.16 bits per heavy atom. The first-order valence-electron chi connectivity index (χ1n) is 8.38. The summed E-state index contributed by atoms with van der Waals surface area (Å²) in [5.74, 6) is 0.951. The van der Waals surface area contributed by atoms with Gasteiger partial charge >= 0.3 is 0 Å². The van der Waals surface area contributed by atoms with Crippen LogP contribution in [0.1, 0.15) is 55.9 Å². The molecule has 0 aliphatic rings. The molecule has 1 aromatic carbocycles. The molecule has 2 aromatic heterocycles. The molecule has 0 amide bonds. The van der Waals surface area contributed by atoms with Crippen molar-refractivity contribution in [1.82, 2.24) is 25.3 Å². The molecule has 0 bridgehead atoms. The molecule has 1 N–H and O–H groups in total. The van der Waals surface area contributed by atoms with Crippen LogP contribution in [0.4, 0.5) is 4.39 Å². The van der Waals surface area contributed by atoms with Crippen LogP contribution in [-0.4, -0.2) is 20.0 Å². The number of hydrogen-bond acceptors (Lipinski definition) is 5. The molecular formula is C18H22FN5O. The SMILES string of the molecule is CCc1nnc([C@H](C)N[C@H](C)c2cnn(-c3ccc(F)cc3)c2C)o1. The molecule has 3 aromatic rings. The van der Waals surface area contributed by atoms with Crippen LogP contribution in [0.3, 0.4) is 0 Å². The molecule has 0 fully saturated rings. The molecule has 0 radical (unpaired) electrons. The summed E-state index contributed by atoms with van der Waals surface area (Å²) in [5, 5.41) is 16.0. The van der Waals surface area contributed by atoms with Crippen molar-refractivity contribution >= 4 is 0 Å². The van der Waals surface area contributed by atoms with E-state index in [0.717, 1.165) is 23.4 Å². The number of benzene rings is 1. The maximum absolute atomic E-state index is 13.1.